The van der Waals surface area contributed by atoms with Gasteiger partial charge in [-0.3, -0.25) is 4.79 Å². The molecule has 0 unspecified atom stereocenters. The van der Waals surface area contributed by atoms with Crippen LogP contribution in [0.25, 0.3) is 0 Å². The van der Waals surface area contributed by atoms with Crippen LogP contribution in [0, 0.1) is 6.92 Å². The van der Waals surface area contributed by atoms with Crippen molar-refractivity contribution >= 4 is 37.5 Å². The largest absolute Gasteiger partial charge is 0.322 e. The maximum Gasteiger partial charge on any atom is 0.255 e. The fourth-order valence-electron chi connectivity index (χ4n) is 3.00. The van der Waals surface area contributed by atoms with Crippen LogP contribution in [-0.2, 0) is 10.0 Å². The Kier molecular flexibility index (Phi) is 5.79. The van der Waals surface area contributed by atoms with Gasteiger partial charge in [0.1, 0.15) is 0 Å². The quantitative estimate of drug-likeness (QED) is 0.781. The Morgan fingerprint density at radius 3 is 2.35 bits per heavy atom. The van der Waals surface area contributed by atoms with Crippen LogP contribution >= 0.6 is 15.9 Å². The number of aryl methyl sites for hydroxylation is 1. The Labute approximate surface area is 162 Å². The molecule has 0 aromatic heterocycles. The molecule has 0 bridgehead atoms. The Morgan fingerprint density at radius 1 is 1.04 bits per heavy atom. The van der Waals surface area contributed by atoms with E-state index in [4.69, 9.17) is 0 Å². The first-order valence-corrected chi connectivity index (χ1v) is 10.8. The van der Waals surface area contributed by atoms with Crippen molar-refractivity contribution in [2.75, 3.05) is 18.4 Å². The number of rotatable bonds is 4. The van der Waals surface area contributed by atoms with E-state index >= 15 is 0 Å². The van der Waals surface area contributed by atoms with Crippen molar-refractivity contribution in [3.8, 4) is 0 Å². The summed E-state index contributed by atoms with van der Waals surface area (Å²) < 4.78 is 28.4. The predicted molar refractivity (Wildman–Crippen MR) is 106 cm³/mol. The molecule has 138 valence electrons. The first-order chi connectivity index (χ1) is 12.4. The number of halogens is 1. The number of sulfonamides is 1. The van der Waals surface area contributed by atoms with Crippen LogP contribution in [0.5, 0.6) is 0 Å². The zero-order valence-corrected chi connectivity index (χ0v) is 16.9. The number of anilines is 1. The molecule has 0 aliphatic carbocycles. The van der Waals surface area contributed by atoms with Crippen molar-refractivity contribution in [3.63, 3.8) is 0 Å². The Morgan fingerprint density at radius 2 is 1.69 bits per heavy atom. The van der Waals surface area contributed by atoms with E-state index in [-0.39, 0.29) is 10.8 Å². The highest BCUT2D eigenvalue weighted by atomic mass is 79.9. The zero-order chi connectivity index (χ0) is 18.7. The molecule has 0 saturated carbocycles. The monoisotopic (exact) mass is 436 g/mol. The van der Waals surface area contributed by atoms with Gasteiger partial charge in [-0.1, -0.05) is 28.4 Å². The van der Waals surface area contributed by atoms with Gasteiger partial charge in [-0.2, -0.15) is 4.31 Å². The molecule has 2 aromatic rings. The molecular weight excluding hydrogens is 416 g/mol. The molecule has 1 aliphatic rings. The first kappa shape index (κ1) is 19.1. The molecule has 2 aromatic carbocycles. The summed E-state index contributed by atoms with van der Waals surface area (Å²) in [7, 11) is -3.55. The van der Waals surface area contributed by atoms with E-state index in [1.807, 2.05) is 0 Å². The lowest BCUT2D eigenvalue weighted by molar-refractivity contribution is 0.102. The van der Waals surface area contributed by atoms with Crippen molar-refractivity contribution in [1.82, 2.24) is 4.31 Å². The van der Waals surface area contributed by atoms with Gasteiger partial charge in [0.25, 0.3) is 5.91 Å². The minimum atomic E-state index is -3.55. The summed E-state index contributed by atoms with van der Waals surface area (Å²) in [5.74, 6) is -0.275. The average Bonchev–Trinajstić information content (AvgIpc) is 2.64. The van der Waals surface area contributed by atoms with Crippen LogP contribution in [-0.4, -0.2) is 31.7 Å². The van der Waals surface area contributed by atoms with Crippen molar-refractivity contribution in [3.05, 3.63) is 58.1 Å². The van der Waals surface area contributed by atoms with Crippen molar-refractivity contribution in [2.45, 2.75) is 31.1 Å². The number of carbonyl (C=O) groups excluding carboxylic acids is 1. The molecule has 1 saturated heterocycles. The van der Waals surface area contributed by atoms with Gasteiger partial charge in [0.05, 0.1) is 4.90 Å². The van der Waals surface area contributed by atoms with Crippen molar-refractivity contribution in [2.24, 2.45) is 0 Å². The third-order valence-electron chi connectivity index (χ3n) is 4.49. The highest BCUT2D eigenvalue weighted by Crippen LogP contribution is 2.26. The minimum absolute atomic E-state index is 0.257. The van der Waals surface area contributed by atoms with Gasteiger partial charge in [0, 0.05) is 28.8 Å². The maximum atomic E-state index is 13.0. The molecule has 3 rings (SSSR count). The van der Waals surface area contributed by atoms with Crippen LogP contribution in [0.2, 0.25) is 0 Å². The van der Waals surface area contributed by atoms with Gasteiger partial charge in [-0.25, -0.2) is 8.42 Å². The van der Waals surface area contributed by atoms with E-state index in [1.165, 1.54) is 0 Å². The molecule has 0 spiro atoms. The summed E-state index contributed by atoms with van der Waals surface area (Å²) in [6.07, 6.45) is 2.84. The smallest absolute Gasteiger partial charge is 0.255 e. The molecule has 26 heavy (non-hydrogen) atoms. The lowest BCUT2D eigenvalue weighted by Crippen LogP contribution is -2.36. The fourth-order valence-corrected chi connectivity index (χ4v) is 5.04. The summed E-state index contributed by atoms with van der Waals surface area (Å²) in [5, 5.41) is 2.78. The highest BCUT2D eigenvalue weighted by molar-refractivity contribution is 9.10. The van der Waals surface area contributed by atoms with Gasteiger partial charge >= 0.3 is 0 Å². The lowest BCUT2D eigenvalue weighted by Gasteiger charge is -2.26. The lowest BCUT2D eigenvalue weighted by atomic mass is 10.2. The maximum absolute atomic E-state index is 13.0. The van der Waals surface area contributed by atoms with E-state index in [2.05, 4.69) is 21.2 Å². The standard InChI is InChI=1S/C19H21BrN2O3S/c1-14-5-10-17(21-19(23)15-6-8-16(20)9-7-15)13-18(14)26(24,25)22-11-3-2-4-12-22/h5-10,13H,2-4,11-12H2,1H3,(H,21,23). The van der Waals surface area contributed by atoms with E-state index in [1.54, 1.807) is 53.7 Å². The minimum Gasteiger partial charge on any atom is -0.322 e. The SMILES string of the molecule is Cc1ccc(NC(=O)c2ccc(Br)cc2)cc1S(=O)(=O)N1CCCCC1. The van der Waals surface area contributed by atoms with Gasteiger partial charge < -0.3 is 5.32 Å². The number of carbonyl (C=O) groups is 1. The van der Waals surface area contributed by atoms with Crippen LogP contribution in [0.3, 0.4) is 0 Å². The van der Waals surface area contributed by atoms with Crippen LogP contribution < -0.4 is 5.32 Å². The van der Waals surface area contributed by atoms with E-state index < -0.39 is 10.0 Å². The third kappa shape index (κ3) is 4.16. The third-order valence-corrected chi connectivity index (χ3v) is 7.05. The molecule has 0 atom stereocenters. The van der Waals surface area contributed by atoms with Crippen molar-refractivity contribution in [1.29, 1.82) is 0 Å². The number of nitrogens with zero attached hydrogens (tertiary/aromatic N) is 1. The van der Waals surface area contributed by atoms with Crippen molar-refractivity contribution < 1.29 is 13.2 Å². The number of piperidine rings is 1. The normalized spacial score (nSPS) is 15.6. The molecule has 1 heterocycles. The second-order valence-corrected chi connectivity index (χ2v) is 9.23. The number of hydrogen-bond donors (Lipinski definition) is 1. The molecule has 1 N–H and O–H groups in total. The summed E-state index contributed by atoms with van der Waals surface area (Å²) in [4.78, 5) is 12.6. The molecule has 0 radical (unpaired) electrons. The number of nitrogens with one attached hydrogen (secondary N) is 1. The van der Waals surface area contributed by atoms with E-state index in [9.17, 15) is 13.2 Å². The number of amides is 1. The fraction of sp³-hybridized carbons (Fsp3) is 0.316. The summed E-state index contributed by atoms with van der Waals surface area (Å²) in [6.45, 7) is 2.88. The number of benzene rings is 2. The summed E-state index contributed by atoms with van der Waals surface area (Å²) in [5.41, 5.74) is 1.66. The highest BCUT2D eigenvalue weighted by Gasteiger charge is 2.27. The molecule has 1 amide bonds. The van der Waals surface area contributed by atoms with E-state index in [0.29, 0.717) is 29.9 Å². The Hall–Kier alpha value is -1.70. The molecule has 1 aliphatic heterocycles. The first-order valence-electron chi connectivity index (χ1n) is 8.55. The van der Waals surface area contributed by atoms with Crippen LogP contribution in [0.4, 0.5) is 5.69 Å². The molecule has 7 heteroatoms. The van der Waals surface area contributed by atoms with Gasteiger partial charge in [-0.05, 0) is 61.7 Å². The van der Waals surface area contributed by atoms with Gasteiger partial charge in [0.15, 0.2) is 0 Å². The zero-order valence-electron chi connectivity index (χ0n) is 14.5. The average molecular weight is 437 g/mol. The van der Waals surface area contributed by atoms with Gasteiger partial charge in [-0.15, -0.1) is 0 Å². The second-order valence-electron chi connectivity index (χ2n) is 6.41. The Bertz CT molecular complexity index is 905. The Balaban J connectivity index is 1.85. The van der Waals surface area contributed by atoms with E-state index in [0.717, 1.165) is 23.7 Å². The molecule has 5 nitrogen and oxygen atoms in total. The summed E-state index contributed by atoms with van der Waals surface area (Å²) in [6, 6.07) is 12.0. The summed E-state index contributed by atoms with van der Waals surface area (Å²) >= 11 is 3.34. The molecule has 1 fully saturated rings. The molecular formula is C19H21BrN2O3S. The van der Waals surface area contributed by atoms with Crippen LogP contribution in [0.15, 0.2) is 51.8 Å². The topological polar surface area (TPSA) is 66.5 Å². The predicted octanol–water partition coefficient (Wildman–Crippen LogP) is 4.18. The van der Waals surface area contributed by atoms with Gasteiger partial charge in [0.2, 0.25) is 10.0 Å². The second kappa shape index (κ2) is 7.90. The number of hydrogen-bond acceptors (Lipinski definition) is 3. The van der Waals surface area contributed by atoms with Crippen LogP contribution in [0.1, 0.15) is 35.2 Å².